The minimum atomic E-state index is -1.26. The third kappa shape index (κ3) is 5.26. The quantitative estimate of drug-likeness (QED) is 0.201. The van der Waals surface area contributed by atoms with Crippen molar-refractivity contribution in [2.45, 2.75) is 25.3 Å². The molecule has 0 bridgehead atoms. The first-order valence-electron chi connectivity index (χ1n) is 7.60. The molecule has 6 N–H and O–H groups in total. The molecule has 1 aromatic rings. The van der Waals surface area contributed by atoms with Gasteiger partial charge >= 0.3 is 11.2 Å². The number of nitrogens with one attached hydrogen (secondary N) is 1. The Morgan fingerprint density at radius 1 is 1.44 bits per heavy atom. The predicted molar refractivity (Wildman–Crippen MR) is 87.4 cm³/mol. The standard InChI is InChI=1S/C9H15N5O.C4H5NO4S/c10-7-6-8(12-9(11)14(7)15)13-4-2-1-3-5-13;6-3(7)2-1-9-4(8)10-5-2/h6,15H,1-5H2,(H3,10,11,12);2,5H,1H2,(H,6,7). The van der Waals surface area contributed by atoms with Gasteiger partial charge in [0.1, 0.15) is 6.61 Å². The first-order chi connectivity index (χ1) is 11.9. The number of anilines is 3. The van der Waals surface area contributed by atoms with Gasteiger partial charge in [-0.15, -0.1) is 0 Å². The van der Waals surface area contributed by atoms with Gasteiger partial charge in [-0.2, -0.15) is 0 Å². The first kappa shape index (κ1) is 18.9. The van der Waals surface area contributed by atoms with Gasteiger partial charge in [-0.3, -0.25) is 0 Å². The lowest BCUT2D eigenvalue weighted by molar-refractivity contribution is -0.883. The Labute approximate surface area is 148 Å². The summed E-state index contributed by atoms with van der Waals surface area (Å²) in [6, 6.07) is 0.754. The van der Waals surface area contributed by atoms with E-state index >= 15 is 0 Å². The molecule has 1 aromatic heterocycles. The Hall–Kier alpha value is -2.47. The number of carbonyl (C=O) groups is 2. The number of carbonyl (C=O) groups excluding carboxylic acids is 2. The lowest BCUT2D eigenvalue weighted by Gasteiger charge is -2.26. The van der Waals surface area contributed by atoms with Crippen LogP contribution in [0.1, 0.15) is 19.3 Å². The number of piperidine rings is 1. The fraction of sp³-hybridized carbons (Fsp3) is 0.538. The van der Waals surface area contributed by atoms with Crippen LogP contribution in [0.4, 0.5) is 22.4 Å². The summed E-state index contributed by atoms with van der Waals surface area (Å²) in [6.07, 6.45) is 3.58. The van der Waals surface area contributed by atoms with E-state index < -0.39 is 17.3 Å². The van der Waals surface area contributed by atoms with Crippen molar-refractivity contribution in [3.8, 4) is 0 Å². The molecule has 2 aliphatic heterocycles. The van der Waals surface area contributed by atoms with Crippen LogP contribution in [0.3, 0.4) is 0 Å². The van der Waals surface area contributed by atoms with Gasteiger partial charge in [0.15, 0.2) is 5.82 Å². The van der Waals surface area contributed by atoms with Crippen LogP contribution in [-0.2, 0) is 9.53 Å². The van der Waals surface area contributed by atoms with E-state index in [0.717, 1.165) is 31.7 Å². The van der Waals surface area contributed by atoms with Crippen molar-refractivity contribution >= 4 is 40.8 Å². The Bertz CT molecular complexity index is 606. The van der Waals surface area contributed by atoms with E-state index in [2.05, 4.69) is 19.3 Å². The number of cyclic esters (lactones) is 1. The van der Waals surface area contributed by atoms with Gasteiger partial charge in [0.25, 0.3) is 0 Å². The summed E-state index contributed by atoms with van der Waals surface area (Å²) >= 11 is 0.623. The lowest BCUT2D eigenvalue weighted by Crippen LogP contribution is -2.48. The molecular weight excluding hydrogens is 352 g/mol. The van der Waals surface area contributed by atoms with Crippen LogP contribution in [0.25, 0.3) is 0 Å². The van der Waals surface area contributed by atoms with Gasteiger partial charge in [-0.25, -0.2) is 9.52 Å². The molecule has 0 saturated carbocycles. The second-order valence-corrected chi connectivity index (χ2v) is 6.18. The average molecular weight is 372 g/mol. The summed E-state index contributed by atoms with van der Waals surface area (Å²) in [5.41, 5.74) is 11.1. The van der Waals surface area contributed by atoms with Crippen LogP contribution >= 0.6 is 11.9 Å². The number of hydrogen-bond donors (Lipinski definition) is 4. The highest BCUT2D eigenvalue weighted by Gasteiger charge is 2.20. The summed E-state index contributed by atoms with van der Waals surface area (Å²) in [6.45, 7) is 1.79. The number of nitrogens with zero attached hydrogens (tertiary/aromatic N) is 3. The number of rotatable bonds is 2. The first-order valence-corrected chi connectivity index (χ1v) is 8.42. The number of aliphatic carboxylic acids is 1. The number of aromatic nitrogens is 2. The van der Waals surface area contributed by atoms with Crippen molar-refractivity contribution in [3.05, 3.63) is 6.07 Å². The van der Waals surface area contributed by atoms with Crippen molar-refractivity contribution in [1.29, 1.82) is 0 Å². The van der Waals surface area contributed by atoms with Crippen LogP contribution in [0.5, 0.6) is 0 Å². The second kappa shape index (κ2) is 8.58. The van der Waals surface area contributed by atoms with E-state index in [4.69, 9.17) is 11.5 Å². The molecule has 2 saturated heterocycles. The summed E-state index contributed by atoms with van der Waals surface area (Å²) in [5, 5.41) is 18.9. The SMILES string of the molecule is Nc1cc(N2CCCCC2)nc(N)[n+]1O.O=C1OCC(C(=O)[O-])NS1. The van der Waals surface area contributed by atoms with Crippen molar-refractivity contribution in [3.63, 3.8) is 0 Å². The van der Waals surface area contributed by atoms with Gasteiger partial charge in [-0.1, -0.05) is 4.98 Å². The molecule has 25 heavy (non-hydrogen) atoms. The van der Waals surface area contributed by atoms with E-state index in [0.29, 0.717) is 16.7 Å². The molecule has 0 spiro atoms. The minimum Gasteiger partial charge on any atom is -0.548 e. The summed E-state index contributed by atoms with van der Waals surface area (Å²) in [7, 11) is 0. The van der Waals surface area contributed by atoms with Gasteiger partial charge in [0, 0.05) is 25.0 Å². The van der Waals surface area contributed by atoms with E-state index in [1.165, 1.54) is 6.42 Å². The molecule has 3 rings (SSSR count). The summed E-state index contributed by atoms with van der Waals surface area (Å²) in [5.74, 6) is -0.284. The molecule has 0 amide bonds. The highest BCUT2D eigenvalue weighted by Crippen LogP contribution is 2.18. The number of carboxylic acids is 1. The van der Waals surface area contributed by atoms with Crippen LogP contribution in [-0.4, -0.2) is 47.2 Å². The smallest absolute Gasteiger partial charge is 0.383 e. The van der Waals surface area contributed by atoms with E-state index in [1.807, 2.05) is 0 Å². The van der Waals surface area contributed by atoms with Crippen LogP contribution < -0.4 is 30.9 Å². The van der Waals surface area contributed by atoms with E-state index in [1.54, 1.807) is 6.07 Å². The molecule has 0 radical (unpaired) electrons. The van der Waals surface area contributed by atoms with Crippen molar-refractivity contribution in [2.75, 3.05) is 36.1 Å². The zero-order valence-electron chi connectivity index (χ0n) is 13.4. The third-order valence-electron chi connectivity index (χ3n) is 3.58. The molecule has 12 heteroatoms. The highest BCUT2D eigenvalue weighted by atomic mass is 32.2. The lowest BCUT2D eigenvalue weighted by atomic mass is 10.1. The molecule has 0 aliphatic carbocycles. The molecule has 138 valence electrons. The molecule has 3 heterocycles. The molecule has 2 fully saturated rings. The van der Waals surface area contributed by atoms with Crippen LogP contribution in [0.15, 0.2) is 6.07 Å². The fourth-order valence-corrected chi connectivity index (χ4v) is 2.79. The average Bonchev–Trinajstić information content (AvgIpc) is 2.61. The Kier molecular flexibility index (Phi) is 6.47. The van der Waals surface area contributed by atoms with Gasteiger partial charge in [0.05, 0.1) is 18.1 Å². The van der Waals surface area contributed by atoms with Gasteiger partial charge in [0.2, 0.25) is 5.82 Å². The van der Waals surface area contributed by atoms with Crippen LogP contribution in [0, 0.1) is 0 Å². The maximum Gasteiger partial charge on any atom is 0.383 e. The van der Waals surface area contributed by atoms with Crippen molar-refractivity contribution in [1.82, 2.24) is 9.71 Å². The molecule has 0 aromatic carbocycles. The number of nitrogens with two attached hydrogens (primary N) is 2. The molecule has 1 atom stereocenters. The Morgan fingerprint density at radius 2 is 2.12 bits per heavy atom. The summed E-state index contributed by atoms with van der Waals surface area (Å²) in [4.78, 5) is 26.6. The number of nitrogen functional groups attached to an aromatic ring is 2. The maximum atomic E-state index is 10.3. The molecule has 2 aliphatic rings. The molecule has 1 unspecified atom stereocenters. The molecule has 11 nitrogen and oxygen atoms in total. The van der Waals surface area contributed by atoms with E-state index in [-0.39, 0.29) is 18.4 Å². The zero-order chi connectivity index (χ0) is 18.4. The minimum absolute atomic E-state index is 0.0237. The van der Waals surface area contributed by atoms with Crippen LogP contribution in [0.2, 0.25) is 0 Å². The van der Waals surface area contributed by atoms with Gasteiger partial charge in [-0.05, 0) is 24.0 Å². The summed E-state index contributed by atoms with van der Waals surface area (Å²) < 4.78 is 7.43. The Morgan fingerprint density at radius 3 is 2.64 bits per heavy atom. The third-order valence-corrected chi connectivity index (χ3v) is 4.27. The normalized spacial score (nSPS) is 20.2. The zero-order valence-corrected chi connectivity index (χ0v) is 14.2. The topological polar surface area (TPSA) is 171 Å². The largest absolute Gasteiger partial charge is 0.548 e. The van der Waals surface area contributed by atoms with Crippen molar-refractivity contribution in [2.24, 2.45) is 0 Å². The number of carboxylic acid groups (broad SMARTS) is 1. The Balaban J connectivity index is 0.000000196. The van der Waals surface area contributed by atoms with E-state index in [9.17, 15) is 19.9 Å². The molecular formula is C13H20N6O5S. The number of ether oxygens (including phenoxy) is 1. The van der Waals surface area contributed by atoms with Crippen molar-refractivity contribution < 1.29 is 29.4 Å². The highest BCUT2D eigenvalue weighted by molar-refractivity contribution is 8.11. The maximum absolute atomic E-state index is 10.3. The monoisotopic (exact) mass is 372 g/mol. The van der Waals surface area contributed by atoms with Gasteiger partial charge < -0.3 is 36.2 Å². The fourth-order valence-electron chi connectivity index (χ4n) is 2.26. The predicted octanol–water partition coefficient (Wildman–Crippen LogP) is -1.75. The second-order valence-electron chi connectivity index (χ2n) is 5.41. The number of hydrogen-bond acceptors (Lipinski definition) is 11.